The monoisotopic (exact) mass is 448 g/mol. The average Bonchev–Trinajstić information content (AvgIpc) is 3.32. The van der Waals surface area contributed by atoms with E-state index in [9.17, 15) is 9.59 Å². The molecule has 7 heteroatoms. The van der Waals surface area contributed by atoms with Crippen molar-refractivity contribution in [3.63, 3.8) is 0 Å². The van der Waals surface area contributed by atoms with Gasteiger partial charge in [0.2, 0.25) is 11.8 Å². The number of ether oxygens (including phenoxy) is 1. The number of carbonyl (C=O) groups is 2. The zero-order valence-electron chi connectivity index (χ0n) is 19.0. The molecule has 0 unspecified atom stereocenters. The lowest BCUT2D eigenvalue weighted by Gasteiger charge is -2.32. The molecule has 3 aliphatic rings. The van der Waals surface area contributed by atoms with Crippen molar-refractivity contribution in [2.24, 2.45) is 11.8 Å². The summed E-state index contributed by atoms with van der Waals surface area (Å²) in [5.41, 5.74) is 3.20. The highest BCUT2D eigenvalue weighted by atomic mass is 16.5. The number of hydrogen-bond donors (Lipinski definition) is 1. The van der Waals surface area contributed by atoms with Crippen LogP contribution in [0.25, 0.3) is 0 Å². The number of rotatable bonds is 5. The van der Waals surface area contributed by atoms with Crippen molar-refractivity contribution in [3.8, 4) is 0 Å². The second-order valence-electron chi connectivity index (χ2n) is 9.21. The quantitative estimate of drug-likeness (QED) is 0.761. The molecule has 0 spiro atoms. The van der Waals surface area contributed by atoms with E-state index in [1.165, 1.54) is 5.56 Å². The van der Waals surface area contributed by atoms with Crippen LogP contribution in [-0.2, 0) is 27.3 Å². The Morgan fingerprint density at radius 2 is 1.79 bits per heavy atom. The first-order chi connectivity index (χ1) is 16.2. The fraction of sp³-hybridized carbons (Fsp3) is 0.500. The molecule has 2 aromatic rings. The number of nitrogens with zero attached hydrogens (tertiary/aromatic N) is 3. The number of morpholine rings is 1. The maximum absolute atomic E-state index is 13.5. The summed E-state index contributed by atoms with van der Waals surface area (Å²) < 4.78 is 5.40. The van der Waals surface area contributed by atoms with E-state index in [0.29, 0.717) is 13.1 Å². The summed E-state index contributed by atoms with van der Waals surface area (Å²) in [4.78, 5) is 35.3. The van der Waals surface area contributed by atoms with Gasteiger partial charge in [0.15, 0.2) is 0 Å². The Kier molecular flexibility index (Phi) is 6.58. The molecule has 0 radical (unpaired) electrons. The summed E-state index contributed by atoms with van der Waals surface area (Å²) in [6, 6.07) is 12.1. The molecule has 2 fully saturated rings. The molecule has 1 aliphatic carbocycles. The van der Waals surface area contributed by atoms with E-state index in [2.05, 4.69) is 21.3 Å². The van der Waals surface area contributed by atoms with Gasteiger partial charge in [-0.2, -0.15) is 0 Å². The van der Waals surface area contributed by atoms with Gasteiger partial charge in [0.05, 0.1) is 19.1 Å². The van der Waals surface area contributed by atoms with Crippen LogP contribution in [0.5, 0.6) is 0 Å². The minimum atomic E-state index is -0.264. The average molecular weight is 449 g/mol. The van der Waals surface area contributed by atoms with Gasteiger partial charge in [-0.25, -0.2) is 4.98 Å². The number of hydrogen-bond acceptors (Lipinski definition) is 5. The first kappa shape index (κ1) is 21.9. The van der Waals surface area contributed by atoms with Crippen LogP contribution in [-0.4, -0.2) is 49.6 Å². The molecule has 2 atom stereocenters. The Balaban J connectivity index is 1.21. The first-order valence-electron chi connectivity index (χ1n) is 12.2. The first-order valence-corrected chi connectivity index (χ1v) is 12.2. The van der Waals surface area contributed by atoms with Gasteiger partial charge >= 0.3 is 0 Å². The number of carbonyl (C=O) groups excluding carboxylic acids is 2. The zero-order chi connectivity index (χ0) is 22.6. The molecule has 1 aromatic carbocycles. The number of para-hydroxylation sites is 1. The van der Waals surface area contributed by atoms with Gasteiger partial charge in [-0.15, -0.1) is 0 Å². The predicted octanol–water partition coefficient (Wildman–Crippen LogP) is 2.93. The Hall–Kier alpha value is -2.93. The molecule has 3 heterocycles. The summed E-state index contributed by atoms with van der Waals surface area (Å²) in [5.74, 6) is 0.526. The van der Waals surface area contributed by atoms with Gasteiger partial charge in [-0.1, -0.05) is 37.1 Å². The van der Waals surface area contributed by atoms with Crippen molar-refractivity contribution in [2.45, 2.75) is 38.6 Å². The summed E-state index contributed by atoms with van der Waals surface area (Å²) >= 11 is 0. The molecular formula is C26H32N4O3. The minimum Gasteiger partial charge on any atom is -0.378 e. The molecule has 1 aromatic heterocycles. The van der Waals surface area contributed by atoms with Crippen LogP contribution < -0.4 is 15.1 Å². The van der Waals surface area contributed by atoms with Crippen LogP contribution in [0.15, 0.2) is 42.6 Å². The minimum absolute atomic E-state index is 0.0159. The fourth-order valence-electron chi connectivity index (χ4n) is 5.33. The third-order valence-electron chi connectivity index (χ3n) is 7.18. The molecule has 33 heavy (non-hydrogen) atoms. The number of nitrogens with one attached hydrogen (secondary N) is 1. The Labute approximate surface area is 195 Å². The molecule has 174 valence electrons. The molecular weight excluding hydrogens is 416 g/mol. The molecule has 1 saturated heterocycles. The molecule has 5 rings (SSSR count). The van der Waals surface area contributed by atoms with Crippen molar-refractivity contribution in [1.82, 2.24) is 10.3 Å². The second kappa shape index (κ2) is 9.91. The zero-order valence-corrected chi connectivity index (χ0v) is 19.0. The van der Waals surface area contributed by atoms with E-state index in [1.54, 1.807) is 0 Å². The van der Waals surface area contributed by atoms with Crippen molar-refractivity contribution >= 4 is 23.3 Å². The Bertz CT molecular complexity index is 987. The molecule has 7 nitrogen and oxygen atoms in total. The molecule has 2 aliphatic heterocycles. The maximum atomic E-state index is 13.5. The van der Waals surface area contributed by atoms with Crippen LogP contribution in [0.3, 0.4) is 0 Å². The van der Waals surface area contributed by atoms with Crippen molar-refractivity contribution in [3.05, 3.63) is 53.7 Å². The maximum Gasteiger partial charge on any atom is 0.230 e. The van der Waals surface area contributed by atoms with Gasteiger partial charge in [0.1, 0.15) is 5.82 Å². The number of benzene rings is 1. The van der Waals surface area contributed by atoms with E-state index in [0.717, 1.165) is 75.5 Å². The lowest BCUT2D eigenvalue weighted by molar-refractivity contribution is -0.135. The second-order valence-corrected chi connectivity index (χ2v) is 9.21. The van der Waals surface area contributed by atoms with Crippen LogP contribution >= 0.6 is 0 Å². The van der Waals surface area contributed by atoms with Crippen molar-refractivity contribution in [1.29, 1.82) is 0 Å². The summed E-state index contributed by atoms with van der Waals surface area (Å²) in [6.07, 6.45) is 6.27. The van der Waals surface area contributed by atoms with E-state index in [4.69, 9.17) is 4.74 Å². The highest BCUT2D eigenvalue weighted by molar-refractivity contribution is 5.99. The van der Waals surface area contributed by atoms with Gasteiger partial charge in [0, 0.05) is 44.0 Å². The van der Waals surface area contributed by atoms with E-state index >= 15 is 0 Å². The summed E-state index contributed by atoms with van der Waals surface area (Å²) in [7, 11) is 0. The van der Waals surface area contributed by atoms with Crippen LogP contribution in [0.4, 0.5) is 11.5 Å². The van der Waals surface area contributed by atoms with E-state index in [-0.39, 0.29) is 23.7 Å². The molecule has 2 amide bonds. The number of pyridine rings is 1. The molecule has 0 bridgehead atoms. The Morgan fingerprint density at radius 1 is 1.00 bits per heavy atom. The van der Waals surface area contributed by atoms with Gasteiger partial charge in [-0.3, -0.25) is 9.59 Å². The van der Waals surface area contributed by atoms with E-state index in [1.807, 2.05) is 41.4 Å². The van der Waals surface area contributed by atoms with Crippen molar-refractivity contribution < 1.29 is 14.3 Å². The fourth-order valence-corrected chi connectivity index (χ4v) is 5.33. The number of amides is 2. The number of fused-ring (bicyclic) bond motifs is 1. The third kappa shape index (κ3) is 4.74. The standard InChI is InChI=1S/C26H32N4O3/c31-25(28-18-19-9-10-24(27-17-19)29-13-15-33-16-14-29)21-6-2-3-7-22(21)26(32)30-12-11-20-5-1-4-8-23(20)30/h1,4-5,8-10,17,21-22H,2-3,6-7,11-16,18H2,(H,28,31)/t21-,22+/m0/s1. The Morgan fingerprint density at radius 3 is 2.58 bits per heavy atom. The lowest BCUT2D eigenvalue weighted by atomic mass is 9.77. The highest BCUT2D eigenvalue weighted by Crippen LogP contribution is 2.36. The number of anilines is 2. The van der Waals surface area contributed by atoms with Crippen LogP contribution in [0, 0.1) is 11.8 Å². The summed E-state index contributed by atoms with van der Waals surface area (Å²) in [6.45, 7) is 4.29. The van der Waals surface area contributed by atoms with Gasteiger partial charge in [0.25, 0.3) is 0 Å². The summed E-state index contributed by atoms with van der Waals surface area (Å²) in [5, 5.41) is 3.08. The van der Waals surface area contributed by atoms with E-state index < -0.39 is 0 Å². The number of aromatic nitrogens is 1. The molecule has 1 N–H and O–H groups in total. The van der Waals surface area contributed by atoms with Crippen LogP contribution in [0.2, 0.25) is 0 Å². The molecule has 1 saturated carbocycles. The normalized spacial score (nSPS) is 22.7. The topological polar surface area (TPSA) is 74.8 Å². The van der Waals surface area contributed by atoms with Gasteiger partial charge < -0.3 is 19.9 Å². The predicted molar refractivity (Wildman–Crippen MR) is 127 cm³/mol. The lowest BCUT2D eigenvalue weighted by Crippen LogP contribution is -2.45. The van der Waals surface area contributed by atoms with Crippen LogP contribution in [0.1, 0.15) is 36.8 Å². The SMILES string of the molecule is O=C(NCc1ccc(N2CCOCC2)nc1)[C@H]1CCCC[C@H]1C(=O)N1CCc2ccccc21. The smallest absolute Gasteiger partial charge is 0.230 e. The van der Waals surface area contributed by atoms with Crippen molar-refractivity contribution in [2.75, 3.05) is 42.6 Å². The largest absolute Gasteiger partial charge is 0.378 e. The third-order valence-corrected chi connectivity index (χ3v) is 7.18. The highest BCUT2D eigenvalue weighted by Gasteiger charge is 2.39. The van der Waals surface area contributed by atoms with Gasteiger partial charge in [-0.05, 0) is 42.5 Å².